The predicted octanol–water partition coefficient (Wildman–Crippen LogP) is 3.96. The van der Waals surface area contributed by atoms with E-state index in [0.29, 0.717) is 19.7 Å². The molecule has 0 fully saturated rings. The van der Waals surface area contributed by atoms with Crippen molar-refractivity contribution < 1.29 is 9.53 Å². The van der Waals surface area contributed by atoms with Crippen LogP contribution in [0.25, 0.3) is 5.69 Å². The van der Waals surface area contributed by atoms with Gasteiger partial charge in [-0.1, -0.05) is 30.3 Å². The summed E-state index contributed by atoms with van der Waals surface area (Å²) in [4.78, 5) is 14.6. The van der Waals surface area contributed by atoms with E-state index >= 15 is 0 Å². The molecule has 0 aliphatic heterocycles. The molecular weight excluding hydrogens is 364 g/mol. The molecule has 6 nitrogen and oxygen atoms in total. The number of ether oxygens (including phenoxy) is 1. The van der Waals surface area contributed by atoms with Crippen LogP contribution in [-0.4, -0.2) is 40.8 Å². The third-order valence-corrected chi connectivity index (χ3v) is 4.66. The van der Waals surface area contributed by atoms with Crippen molar-refractivity contribution in [1.29, 1.82) is 0 Å². The second-order valence-electron chi connectivity index (χ2n) is 7.09. The van der Waals surface area contributed by atoms with Crippen molar-refractivity contribution in [1.82, 2.24) is 14.7 Å². The quantitative estimate of drug-likeness (QED) is 0.630. The average molecular weight is 393 g/mol. The molecule has 0 bridgehead atoms. The molecule has 1 N–H and O–H groups in total. The van der Waals surface area contributed by atoms with E-state index in [-0.39, 0.29) is 5.91 Å². The molecule has 1 amide bonds. The number of para-hydroxylation sites is 1. The van der Waals surface area contributed by atoms with Gasteiger partial charge in [-0.25, -0.2) is 4.68 Å². The zero-order valence-corrected chi connectivity index (χ0v) is 17.5. The van der Waals surface area contributed by atoms with Gasteiger partial charge in [-0.05, 0) is 57.6 Å². The van der Waals surface area contributed by atoms with Crippen molar-refractivity contribution in [3.8, 4) is 11.4 Å². The lowest BCUT2D eigenvalue weighted by molar-refractivity contribution is -0.117. The monoisotopic (exact) mass is 392 g/mol. The molecule has 0 spiro atoms. The number of benzene rings is 2. The van der Waals surface area contributed by atoms with E-state index in [9.17, 15) is 4.79 Å². The van der Waals surface area contributed by atoms with Gasteiger partial charge in [0, 0.05) is 6.54 Å². The maximum atomic E-state index is 12.6. The number of nitrogens with zero attached hydrogens (tertiary/aromatic N) is 3. The summed E-state index contributed by atoms with van der Waals surface area (Å²) in [6.45, 7) is 7.47. The number of aryl methyl sites for hydroxylation is 1. The number of anilines is 1. The van der Waals surface area contributed by atoms with E-state index in [1.807, 2.05) is 92.0 Å². The van der Waals surface area contributed by atoms with Gasteiger partial charge in [0.1, 0.15) is 5.75 Å². The minimum Gasteiger partial charge on any atom is -0.494 e. The fourth-order valence-corrected chi connectivity index (χ4v) is 3.29. The smallest absolute Gasteiger partial charge is 0.238 e. The summed E-state index contributed by atoms with van der Waals surface area (Å²) in [5.41, 5.74) is 4.59. The lowest BCUT2D eigenvalue weighted by Gasteiger charge is -2.17. The molecule has 0 unspecified atom stereocenters. The molecule has 29 heavy (non-hydrogen) atoms. The highest BCUT2D eigenvalue weighted by Gasteiger charge is 2.16. The molecule has 0 saturated heterocycles. The number of hydrogen-bond acceptors (Lipinski definition) is 4. The van der Waals surface area contributed by atoms with Gasteiger partial charge in [0.15, 0.2) is 0 Å². The van der Waals surface area contributed by atoms with Crippen LogP contribution in [0.4, 0.5) is 5.69 Å². The fourth-order valence-electron chi connectivity index (χ4n) is 3.29. The molecule has 152 valence electrons. The Hall–Kier alpha value is -3.12. The molecular formula is C23H28N4O2. The van der Waals surface area contributed by atoms with Crippen LogP contribution in [0.5, 0.6) is 5.75 Å². The van der Waals surface area contributed by atoms with E-state index in [2.05, 4.69) is 10.4 Å². The fraction of sp³-hybridized carbons (Fsp3) is 0.304. The summed E-state index contributed by atoms with van der Waals surface area (Å²) in [6.07, 6.45) is 0. The van der Waals surface area contributed by atoms with Crippen molar-refractivity contribution in [2.75, 3.05) is 25.5 Å². The molecule has 3 rings (SSSR count). The molecule has 3 aromatic rings. The molecule has 1 heterocycles. The summed E-state index contributed by atoms with van der Waals surface area (Å²) in [6, 6.07) is 17.9. The van der Waals surface area contributed by atoms with Gasteiger partial charge in [0.2, 0.25) is 5.91 Å². The second kappa shape index (κ2) is 9.39. The van der Waals surface area contributed by atoms with Gasteiger partial charge in [-0.15, -0.1) is 0 Å². The summed E-state index contributed by atoms with van der Waals surface area (Å²) < 4.78 is 7.32. The predicted molar refractivity (Wildman–Crippen MR) is 116 cm³/mol. The second-order valence-corrected chi connectivity index (χ2v) is 7.09. The van der Waals surface area contributed by atoms with E-state index in [1.165, 1.54) is 0 Å². The topological polar surface area (TPSA) is 59.4 Å². The Labute approximate surface area is 172 Å². The number of rotatable bonds is 8. The molecule has 0 saturated carbocycles. The first-order valence-electron chi connectivity index (χ1n) is 9.79. The number of aromatic nitrogens is 2. The minimum atomic E-state index is -0.0581. The Balaban J connectivity index is 1.61. The first kappa shape index (κ1) is 20.6. The maximum Gasteiger partial charge on any atom is 0.238 e. The Kier molecular flexibility index (Phi) is 6.67. The minimum absolute atomic E-state index is 0.0581. The zero-order chi connectivity index (χ0) is 20.8. The van der Waals surface area contributed by atoms with Crippen LogP contribution in [0.3, 0.4) is 0 Å². The molecule has 2 aromatic carbocycles. The first-order chi connectivity index (χ1) is 14.0. The van der Waals surface area contributed by atoms with Gasteiger partial charge < -0.3 is 10.1 Å². The van der Waals surface area contributed by atoms with Gasteiger partial charge >= 0.3 is 0 Å². The van der Waals surface area contributed by atoms with Crippen molar-refractivity contribution in [3.63, 3.8) is 0 Å². The standard InChI is InChI=1S/C23H28N4O2/c1-5-29-21-13-11-19(12-14-21)15-26(4)16-22(28)24-23-17(2)25-27(18(23)3)20-9-7-6-8-10-20/h6-14H,5,15-16H2,1-4H3,(H,24,28). The summed E-state index contributed by atoms with van der Waals surface area (Å²) in [5, 5.41) is 7.61. The SMILES string of the molecule is CCOc1ccc(CN(C)CC(=O)Nc2c(C)nn(-c3ccccc3)c2C)cc1. The third kappa shape index (κ3) is 5.23. The summed E-state index contributed by atoms with van der Waals surface area (Å²) in [7, 11) is 1.93. The molecule has 0 aliphatic carbocycles. The summed E-state index contributed by atoms with van der Waals surface area (Å²) >= 11 is 0. The molecule has 0 radical (unpaired) electrons. The first-order valence-corrected chi connectivity index (χ1v) is 9.79. The van der Waals surface area contributed by atoms with E-state index in [1.54, 1.807) is 0 Å². The molecule has 0 aliphatic rings. The van der Waals surface area contributed by atoms with Crippen molar-refractivity contribution in [3.05, 3.63) is 71.5 Å². The van der Waals surface area contributed by atoms with Crippen molar-refractivity contribution in [2.24, 2.45) is 0 Å². The van der Waals surface area contributed by atoms with Crippen LogP contribution in [0.2, 0.25) is 0 Å². The van der Waals surface area contributed by atoms with Crippen LogP contribution >= 0.6 is 0 Å². The Morgan fingerprint density at radius 1 is 1.10 bits per heavy atom. The van der Waals surface area contributed by atoms with Crippen molar-refractivity contribution >= 4 is 11.6 Å². The lowest BCUT2D eigenvalue weighted by Crippen LogP contribution is -2.30. The molecule has 0 atom stereocenters. The Morgan fingerprint density at radius 3 is 2.45 bits per heavy atom. The van der Waals surface area contributed by atoms with Crippen LogP contribution in [0.1, 0.15) is 23.9 Å². The average Bonchev–Trinajstić information content (AvgIpc) is 2.98. The third-order valence-electron chi connectivity index (χ3n) is 4.66. The maximum absolute atomic E-state index is 12.6. The zero-order valence-electron chi connectivity index (χ0n) is 17.5. The number of carbonyl (C=O) groups is 1. The van der Waals surface area contributed by atoms with E-state index in [4.69, 9.17) is 4.74 Å². The van der Waals surface area contributed by atoms with Gasteiger partial charge in [0.25, 0.3) is 0 Å². The number of likely N-dealkylation sites (N-methyl/N-ethyl adjacent to an activating group) is 1. The molecule has 1 aromatic heterocycles. The van der Waals surface area contributed by atoms with E-state index in [0.717, 1.165) is 34.1 Å². The highest BCUT2D eigenvalue weighted by molar-refractivity contribution is 5.93. The summed E-state index contributed by atoms with van der Waals surface area (Å²) in [5.74, 6) is 0.801. The number of nitrogens with one attached hydrogen (secondary N) is 1. The normalized spacial score (nSPS) is 10.9. The van der Waals surface area contributed by atoms with Crippen LogP contribution < -0.4 is 10.1 Å². The van der Waals surface area contributed by atoms with Gasteiger partial charge in [0.05, 0.1) is 35.9 Å². The van der Waals surface area contributed by atoms with Crippen LogP contribution in [0.15, 0.2) is 54.6 Å². The van der Waals surface area contributed by atoms with Gasteiger partial charge in [-0.2, -0.15) is 5.10 Å². The lowest BCUT2D eigenvalue weighted by atomic mass is 10.2. The number of amides is 1. The largest absolute Gasteiger partial charge is 0.494 e. The van der Waals surface area contributed by atoms with Crippen LogP contribution in [0, 0.1) is 13.8 Å². The highest BCUT2D eigenvalue weighted by atomic mass is 16.5. The Bertz CT molecular complexity index is 949. The Morgan fingerprint density at radius 2 is 1.79 bits per heavy atom. The number of carbonyl (C=O) groups excluding carboxylic acids is 1. The number of hydrogen-bond donors (Lipinski definition) is 1. The van der Waals surface area contributed by atoms with Crippen LogP contribution in [-0.2, 0) is 11.3 Å². The van der Waals surface area contributed by atoms with Gasteiger partial charge in [-0.3, -0.25) is 9.69 Å². The van der Waals surface area contributed by atoms with Crippen molar-refractivity contribution in [2.45, 2.75) is 27.3 Å². The molecule has 6 heteroatoms. The van der Waals surface area contributed by atoms with E-state index < -0.39 is 0 Å². The highest BCUT2D eigenvalue weighted by Crippen LogP contribution is 2.22.